The van der Waals surface area contributed by atoms with Crippen LogP contribution in [-0.2, 0) is 0 Å². The molecule has 4 aromatic rings. The van der Waals surface area contributed by atoms with E-state index < -0.39 is 17.5 Å². The number of carbonyl (C=O) groups is 1. The van der Waals surface area contributed by atoms with E-state index in [2.05, 4.69) is 10.3 Å². The predicted octanol–water partition coefficient (Wildman–Crippen LogP) is 4.53. The molecule has 1 N–H and O–H groups in total. The summed E-state index contributed by atoms with van der Waals surface area (Å²) in [6, 6.07) is 15.9. The second kappa shape index (κ2) is 6.40. The Kier molecular flexibility index (Phi) is 3.93. The number of halogens is 2. The van der Waals surface area contributed by atoms with Crippen LogP contribution in [0, 0.1) is 11.6 Å². The lowest BCUT2D eigenvalue weighted by Gasteiger charge is -2.06. The van der Waals surface area contributed by atoms with Crippen molar-refractivity contribution in [2.75, 3.05) is 5.32 Å². The summed E-state index contributed by atoms with van der Waals surface area (Å²) in [5.41, 5.74) is 2.59. The van der Waals surface area contributed by atoms with Gasteiger partial charge in [0, 0.05) is 29.6 Å². The van der Waals surface area contributed by atoms with Crippen LogP contribution in [0.4, 0.5) is 14.5 Å². The van der Waals surface area contributed by atoms with Crippen LogP contribution < -0.4 is 5.32 Å². The molecule has 2 heterocycles. The molecule has 0 aliphatic heterocycles. The number of anilines is 1. The molecule has 0 aliphatic rings. The molecule has 0 saturated carbocycles. The lowest BCUT2D eigenvalue weighted by atomic mass is 10.2. The van der Waals surface area contributed by atoms with Crippen LogP contribution in [0.2, 0.25) is 0 Å². The number of imidazole rings is 1. The Hall–Kier alpha value is -3.54. The Morgan fingerprint density at radius 1 is 1.00 bits per heavy atom. The third kappa shape index (κ3) is 3.04. The molecule has 128 valence electrons. The number of nitrogens with one attached hydrogen (secondary N) is 1. The molecular formula is C20H13F2N3O. The smallest absolute Gasteiger partial charge is 0.255 e. The number of pyridine rings is 1. The monoisotopic (exact) mass is 349 g/mol. The minimum absolute atomic E-state index is 0.0791. The minimum atomic E-state index is -0.827. The highest BCUT2D eigenvalue weighted by Crippen LogP contribution is 2.20. The van der Waals surface area contributed by atoms with E-state index in [-0.39, 0.29) is 5.69 Å². The zero-order valence-electron chi connectivity index (χ0n) is 13.5. The van der Waals surface area contributed by atoms with Gasteiger partial charge < -0.3 is 9.72 Å². The molecule has 2 aromatic carbocycles. The summed E-state index contributed by atoms with van der Waals surface area (Å²) in [6.07, 6.45) is 3.58. The van der Waals surface area contributed by atoms with Crippen molar-refractivity contribution in [3.63, 3.8) is 0 Å². The van der Waals surface area contributed by atoms with E-state index in [9.17, 15) is 13.6 Å². The quantitative estimate of drug-likeness (QED) is 0.591. The number of hydrogen-bond acceptors (Lipinski definition) is 2. The summed E-state index contributed by atoms with van der Waals surface area (Å²) in [5.74, 6) is -2.03. The van der Waals surface area contributed by atoms with Gasteiger partial charge >= 0.3 is 0 Å². The van der Waals surface area contributed by atoms with E-state index in [1.54, 1.807) is 22.7 Å². The van der Waals surface area contributed by atoms with E-state index in [1.165, 1.54) is 6.07 Å². The van der Waals surface area contributed by atoms with Crippen molar-refractivity contribution < 1.29 is 13.6 Å². The molecule has 1 amide bonds. The van der Waals surface area contributed by atoms with Crippen LogP contribution in [0.15, 0.2) is 73.1 Å². The van der Waals surface area contributed by atoms with Gasteiger partial charge in [-0.1, -0.05) is 30.3 Å². The third-order valence-electron chi connectivity index (χ3n) is 3.97. The van der Waals surface area contributed by atoms with Crippen LogP contribution in [0.1, 0.15) is 10.4 Å². The Balaban J connectivity index is 1.63. The Morgan fingerprint density at radius 2 is 1.81 bits per heavy atom. The molecule has 0 aliphatic carbocycles. The first-order valence-electron chi connectivity index (χ1n) is 7.91. The fourth-order valence-electron chi connectivity index (χ4n) is 2.66. The second-order valence-electron chi connectivity index (χ2n) is 5.75. The first kappa shape index (κ1) is 16.0. The standard InChI is InChI=1S/C20H13F2N3O/c21-15-6-7-17(16(22)11-15)24-20(26)14-8-9-25-12-18(23-19(25)10-14)13-4-2-1-3-5-13/h1-12H,(H,24,26). The van der Waals surface area contributed by atoms with Crippen LogP contribution in [-0.4, -0.2) is 15.3 Å². The average molecular weight is 349 g/mol. The van der Waals surface area contributed by atoms with E-state index in [0.717, 1.165) is 23.4 Å². The fourth-order valence-corrected chi connectivity index (χ4v) is 2.66. The summed E-state index contributed by atoms with van der Waals surface area (Å²) >= 11 is 0. The van der Waals surface area contributed by atoms with Crippen molar-refractivity contribution in [3.05, 3.63) is 90.3 Å². The molecule has 26 heavy (non-hydrogen) atoms. The molecule has 0 spiro atoms. The lowest BCUT2D eigenvalue weighted by molar-refractivity contribution is 0.102. The van der Waals surface area contributed by atoms with Crippen molar-refractivity contribution in [3.8, 4) is 11.3 Å². The van der Waals surface area contributed by atoms with Crippen LogP contribution in [0.3, 0.4) is 0 Å². The summed E-state index contributed by atoms with van der Waals surface area (Å²) in [4.78, 5) is 16.9. The second-order valence-corrected chi connectivity index (χ2v) is 5.75. The maximum Gasteiger partial charge on any atom is 0.255 e. The summed E-state index contributed by atoms with van der Waals surface area (Å²) in [5, 5.41) is 2.44. The molecule has 2 aromatic heterocycles. The number of fused-ring (bicyclic) bond motifs is 1. The number of amides is 1. The van der Waals surface area contributed by atoms with E-state index in [0.29, 0.717) is 11.2 Å². The van der Waals surface area contributed by atoms with Gasteiger partial charge in [-0.05, 0) is 24.3 Å². The molecule has 0 atom stereocenters. The Labute approximate surface area is 147 Å². The van der Waals surface area contributed by atoms with Gasteiger partial charge in [-0.3, -0.25) is 4.79 Å². The lowest BCUT2D eigenvalue weighted by Crippen LogP contribution is -2.13. The highest BCUT2D eigenvalue weighted by Gasteiger charge is 2.12. The number of carbonyl (C=O) groups excluding carboxylic acids is 1. The number of benzene rings is 2. The summed E-state index contributed by atoms with van der Waals surface area (Å²) in [7, 11) is 0. The molecule has 6 heteroatoms. The molecule has 4 rings (SSSR count). The minimum Gasteiger partial charge on any atom is -0.319 e. The molecule has 0 unspecified atom stereocenters. The number of aromatic nitrogens is 2. The fraction of sp³-hybridized carbons (Fsp3) is 0. The highest BCUT2D eigenvalue weighted by atomic mass is 19.1. The normalized spacial score (nSPS) is 10.8. The maximum atomic E-state index is 13.7. The molecular weight excluding hydrogens is 336 g/mol. The van der Waals surface area contributed by atoms with Gasteiger partial charge in [-0.15, -0.1) is 0 Å². The average Bonchev–Trinajstić information content (AvgIpc) is 3.08. The van der Waals surface area contributed by atoms with Gasteiger partial charge in [-0.25, -0.2) is 13.8 Å². The van der Waals surface area contributed by atoms with Gasteiger partial charge in [0.15, 0.2) is 0 Å². The third-order valence-corrected chi connectivity index (χ3v) is 3.97. The van der Waals surface area contributed by atoms with Gasteiger partial charge in [0.25, 0.3) is 5.91 Å². The summed E-state index contributed by atoms with van der Waals surface area (Å²) in [6.45, 7) is 0. The van der Waals surface area contributed by atoms with Crippen molar-refractivity contribution >= 4 is 17.2 Å². The van der Waals surface area contributed by atoms with Gasteiger partial charge in [0.2, 0.25) is 0 Å². The largest absolute Gasteiger partial charge is 0.319 e. The molecule has 0 radical (unpaired) electrons. The first-order valence-corrected chi connectivity index (χ1v) is 7.91. The molecule has 0 saturated heterocycles. The van der Waals surface area contributed by atoms with Crippen molar-refractivity contribution in [2.24, 2.45) is 0 Å². The zero-order chi connectivity index (χ0) is 18.1. The maximum absolute atomic E-state index is 13.7. The summed E-state index contributed by atoms with van der Waals surface area (Å²) < 4.78 is 28.5. The zero-order valence-corrected chi connectivity index (χ0v) is 13.5. The van der Waals surface area contributed by atoms with E-state index >= 15 is 0 Å². The van der Waals surface area contributed by atoms with E-state index in [1.807, 2.05) is 36.5 Å². The van der Waals surface area contributed by atoms with Crippen LogP contribution in [0.25, 0.3) is 16.9 Å². The number of hydrogen-bond donors (Lipinski definition) is 1. The van der Waals surface area contributed by atoms with Crippen LogP contribution in [0.5, 0.6) is 0 Å². The highest BCUT2D eigenvalue weighted by molar-refractivity contribution is 6.04. The van der Waals surface area contributed by atoms with Crippen molar-refractivity contribution in [2.45, 2.75) is 0 Å². The molecule has 0 bridgehead atoms. The van der Waals surface area contributed by atoms with E-state index in [4.69, 9.17) is 0 Å². The Bertz CT molecular complexity index is 1110. The number of rotatable bonds is 3. The predicted molar refractivity (Wildman–Crippen MR) is 94.9 cm³/mol. The topological polar surface area (TPSA) is 46.4 Å². The first-order chi connectivity index (χ1) is 12.6. The van der Waals surface area contributed by atoms with Crippen LogP contribution >= 0.6 is 0 Å². The Morgan fingerprint density at radius 3 is 2.58 bits per heavy atom. The van der Waals surface area contributed by atoms with Crippen molar-refractivity contribution in [1.82, 2.24) is 9.38 Å². The van der Waals surface area contributed by atoms with Gasteiger partial charge in [-0.2, -0.15) is 0 Å². The molecule has 4 nitrogen and oxygen atoms in total. The van der Waals surface area contributed by atoms with Gasteiger partial charge in [0.05, 0.1) is 11.4 Å². The van der Waals surface area contributed by atoms with Crippen molar-refractivity contribution in [1.29, 1.82) is 0 Å². The number of nitrogens with zero attached hydrogens (tertiary/aromatic N) is 2. The van der Waals surface area contributed by atoms with Gasteiger partial charge in [0.1, 0.15) is 17.3 Å². The molecule has 0 fully saturated rings. The SMILES string of the molecule is O=C(Nc1ccc(F)cc1F)c1ccn2cc(-c3ccccc3)nc2c1.